The highest BCUT2D eigenvalue weighted by Gasteiger charge is 2.15. The molecule has 2 heterocycles. The molecule has 0 spiro atoms. The number of aryl methyl sites for hydroxylation is 1. The first-order valence-corrected chi connectivity index (χ1v) is 5.52. The van der Waals surface area contributed by atoms with E-state index in [0.717, 1.165) is 0 Å². The van der Waals surface area contributed by atoms with Crippen LogP contribution in [0.1, 0.15) is 15.4 Å². The number of aromatic nitrogens is 3. The number of carboxylic acid groups (broad SMARTS) is 1. The highest BCUT2D eigenvalue weighted by Crippen LogP contribution is 2.26. The molecule has 0 bridgehead atoms. The summed E-state index contributed by atoms with van der Waals surface area (Å²) in [6.45, 7) is 1.71. The fraction of sp³-hybridized carbons (Fsp3) is 0.200. The van der Waals surface area contributed by atoms with Crippen molar-refractivity contribution in [2.24, 2.45) is 0 Å². The molecule has 1 N–H and O–H groups in total. The summed E-state index contributed by atoms with van der Waals surface area (Å²) < 4.78 is 4.89. The summed E-state index contributed by atoms with van der Waals surface area (Å²) in [5, 5.41) is 17.2. The minimum atomic E-state index is -1.04. The molecule has 2 aromatic heterocycles. The van der Waals surface area contributed by atoms with Crippen molar-refractivity contribution in [3.8, 4) is 16.6 Å². The lowest BCUT2D eigenvalue weighted by Gasteiger charge is -1.97. The van der Waals surface area contributed by atoms with Gasteiger partial charge < -0.3 is 9.84 Å². The van der Waals surface area contributed by atoms with E-state index < -0.39 is 5.97 Å². The summed E-state index contributed by atoms with van der Waals surface area (Å²) in [6, 6.07) is 3.34. The van der Waals surface area contributed by atoms with E-state index in [9.17, 15) is 4.79 Å². The van der Waals surface area contributed by atoms with Crippen LogP contribution in [0.5, 0.6) is 5.88 Å². The van der Waals surface area contributed by atoms with Crippen LogP contribution in [0.4, 0.5) is 0 Å². The van der Waals surface area contributed by atoms with E-state index >= 15 is 0 Å². The Labute approximate surface area is 101 Å². The third-order valence-corrected chi connectivity index (χ3v) is 3.06. The Kier molecular flexibility index (Phi) is 3.01. The smallest absolute Gasteiger partial charge is 0.355 e. The van der Waals surface area contributed by atoms with Crippen LogP contribution in [0, 0.1) is 6.92 Å². The van der Waals surface area contributed by atoms with Gasteiger partial charge in [0.2, 0.25) is 5.88 Å². The summed E-state index contributed by atoms with van der Waals surface area (Å²) in [5.41, 5.74) is 0.592. The largest absolute Gasteiger partial charge is 0.480 e. The molecule has 6 nitrogen and oxygen atoms in total. The number of nitrogens with zero attached hydrogens (tertiary/aromatic N) is 3. The first-order chi connectivity index (χ1) is 8.11. The Morgan fingerprint density at radius 3 is 2.65 bits per heavy atom. The van der Waals surface area contributed by atoms with Gasteiger partial charge >= 0.3 is 5.97 Å². The van der Waals surface area contributed by atoms with Crippen molar-refractivity contribution in [3.63, 3.8) is 0 Å². The monoisotopic (exact) mass is 251 g/mol. The van der Waals surface area contributed by atoms with Gasteiger partial charge in [0.15, 0.2) is 5.69 Å². The Bertz CT molecular complexity index is 550. The number of rotatable bonds is 3. The second-order valence-corrected chi connectivity index (χ2v) is 4.39. The lowest BCUT2D eigenvalue weighted by atomic mass is 10.4. The Hall–Kier alpha value is -2.02. The molecule has 0 aliphatic carbocycles. The van der Waals surface area contributed by atoms with Crippen LogP contribution in [0.2, 0.25) is 0 Å². The number of methoxy groups -OCH3 is 1. The Morgan fingerprint density at radius 2 is 2.18 bits per heavy atom. The average molecular weight is 251 g/mol. The van der Waals surface area contributed by atoms with Crippen LogP contribution >= 0.6 is 11.3 Å². The topological polar surface area (TPSA) is 85.2 Å². The van der Waals surface area contributed by atoms with Gasteiger partial charge in [0.05, 0.1) is 7.11 Å². The number of carboxylic acids is 1. The predicted molar refractivity (Wildman–Crippen MR) is 61.4 cm³/mol. The maximum absolute atomic E-state index is 10.9. The van der Waals surface area contributed by atoms with Crippen LogP contribution in [-0.2, 0) is 0 Å². The lowest BCUT2D eigenvalue weighted by Crippen LogP contribution is -1.98. The van der Waals surface area contributed by atoms with Gasteiger partial charge in [-0.25, -0.2) is 9.78 Å². The van der Waals surface area contributed by atoms with E-state index in [0.29, 0.717) is 21.5 Å². The molecular weight excluding hydrogens is 242 g/mol. The highest BCUT2D eigenvalue weighted by atomic mass is 32.1. The quantitative estimate of drug-likeness (QED) is 0.892. The van der Waals surface area contributed by atoms with E-state index in [-0.39, 0.29) is 5.69 Å². The van der Waals surface area contributed by atoms with Crippen LogP contribution in [-0.4, -0.2) is 33.4 Å². The molecule has 0 aliphatic rings. The lowest BCUT2D eigenvalue weighted by molar-refractivity contribution is 0.0690. The molecule has 0 radical (unpaired) electrons. The van der Waals surface area contributed by atoms with Gasteiger partial charge in [-0.1, -0.05) is 0 Å². The van der Waals surface area contributed by atoms with Crippen molar-refractivity contribution in [1.82, 2.24) is 15.2 Å². The van der Waals surface area contributed by atoms with E-state index in [1.54, 1.807) is 19.1 Å². The standard InChI is InChI=1S/C10H9N3O3S/c1-5-8(10(14)15)11-9(17-5)6-3-4-7(16-2)13-12-6/h3-4H,1-2H3,(H,14,15). The molecule has 0 saturated carbocycles. The highest BCUT2D eigenvalue weighted by molar-refractivity contribution is 7.15. The van der Waals surface area contributed by atoms with Crippen LogP contribution in [0.25, 0.3) is 10.7 Å². The van der Waals surface area contributed by atoms with Gasteiger partial charge in [-0.3, -0.25) is 0 Å². The zero-order chi connectivity index (χ0) is 12.4. The van der Waals surface area contributed by atoms with Crippen molar-refractivity contribution in [3.05, 3.63) is 22.7 Å². The van der Waals surface area contributed by atoms with Crippen LogP contribution < -0.4 is 4.74 Å². The van der Waals surface area contributed by atoms with Gasteiger partial charge in [-0.05, 0) is 13.0 Å². The number of carbonyl (C=O) groups is 1. The predicted octanol–water partition coefficient (Wildman–Crippen LogP) is 1.62. The van der Waals surface area contributed by atoms with Crippen LogP contribution in [0.3, 0.4) is 0 Å². The molecular formula is C10H9N3O3S. The molecule has 0 aliphatic heterocycles. The molecule has 88 valence electrons. The second-order valence-electron chi connectivity index (χ2n) is 3.19. The van der Waals surface area contributed by atoms with Crippen molar-refractivity contribution in [2.45, 2.75) is 6.92 Å². The van der Waals surface area contributed by atoms with Crippen molar-refractivity contribution in [1.29, 1.82) is 0 Å². The van der Waals surface area contributed by atoms with Crippen molar-refractivity contribution in [2.75, 3.05) is 7.11 Å². The molecule has 0 aromatic carbocycles. The number of hydrogen-bond acceptors (Lipinski definition) is 6. The second kappa shape index (κ2) is 4.46. The minimum absolute atomic E-state index is 0.0580. The van der Waals surface area contributed by atoms with E-state index in [1.165, 1.54) is 18.4 Å². The zero-order valence-corrected chi connectivity index (χ0v) is 9.98. The Balaban J connectivity index is 2.39. The third-order valence-electron chi connectivity index (χ3n) is 2.07. The van der Waals surface area contributed by atoms with Gasteiger partial charge in [-0.2, -0.15) is 0 Å². The molecule has 0 amide bonds. The van der Waals surface area contributed by atoms with Gasteiger partial charge in [0.1, 0.15) is 10.7 Å². The Morgan fingerprint density at radius 1 is 1.41 bits per heavy atom. The molecule has 2 rings (SSSR count). The number of aromatic carboxylic acids is 1. The molecule has 0 saturated heterocycles. The summed E-state index contributed by atoms with van der Waals surface area (Å²) in [7, 11) is 1.50. The third kappa shape index (κ3) is 2.23. The van der Waals surface area contributed by atoms with E-state index in [2.05, 4.69) is 15.2 Å². The molecule has 7 heteroatoms. The normalized spacial score (nSPS) is 10.2. The fourth-order valence-corrected chi connectivity index (χ4v) is 2.12. The fourth-order valence-electron chi connectivity index (χ4n) is 1.25. The first kappa shape index (κ1) is 11.5. The van der Waals surface area contributed by atoms with Gasteiger partial charge in [0, 0.05) is 10.9 Å². The summed E-state index contributed by atoms with van der Waals surface area (Å²) in [6.07, 6.45) is 0. The summed E-state index contributed by atoms with van der Waals surface area (Å²) in [5.74, 6) is -0.632. The van der Waals surface area contributed by atoms with Crippen LogP contribution in [0.15, 0.2) is 12.1 Å². The van der Waals surface area contributed by atoms with E-state index in [1.807, 2.05) is 0 Å². The molecule has 2 aromatic rings. The maximum atomic E-state index is 10.9. The number of ether oxygens (including phenoxy) is 1. The minimum Gasteiger partial charge on any atom is -0.480 e. The van der Waals surface area contributed by atoms with E-state index in [4.69, 9.17) is 9.84 Å². The van der Waals surface area contributed by atoms with Gasteiger partial charge in [0.25, 0.3) is 0 Å². The van der Waals surface area contributed by atoms with Gasteiger partial charge in [-0.15, -0.1) is 21.5 Å². The molecule has 0 unspecified atom stereocenters. The first-order valence-electron chi connectivity index (χ1n) is 4.70. The molecule has 0 atom stereocenters. The summed E-state index contributed by atoms with van der Waals surface area (Å²) in [4.78, 5) is 15.5. The molecule has 0 fully saturated rings. The number of hydrogen-bond donors (Lipinski definition) is 1. The van der Waals surface area contributed by atoms with Crippen molar-refractivity contribution < 1.29 is 14.6 Å². The summed E-state index contributed by atoms with van der Waals surface area (Å²) >= 11 is 1.27. The molecule has 17 heavy (non-hydrogen) atoms. The SMILES string of the molecule is COc1ccc(-c2nc(C(=O)O)c(C)s2)nn1. The van der Waals surface area contributed by atoms with Crippen molar-refractivity contribution >= 4 is 17.3 Å². The number of thiazole rings is 1. The zero-order valence-electron chi connectivity index (χ0n) is 9.17. The maximum Gasteiger partial charge on any atom is 0.355 e. The average Bonchev–Trinajstić information content (AvgIpc) is 2.71.